The summed E-state index contributed by atoms with van der Waals surface area (Å²) in [5, 5.41) is 13.1. The van der Waals surface area contributed by atoms with Gasteiger partial charge in [0.25, 0.3) is 0 Å². The van der Waals surface area contributed by atoms with Gasteiger partial charge in [-0.15, -0.1) is 0 Å². The van der Waals surface area contributed by atoms with Crippen molar-refractivity contribution in [3.8, 4) is 0 Å². The fraction of sp³-hybridized carbons (Fsp3) is 0. The summed E-state index contributed by atoms with van der Waals surface area (Å²) in [5.41, 5.74) is 2.16. The van der Waals surface area contributed by atoms with Gasteiger partial charge in [0.05, 0.1) is 11.9 Å². The van der Waals surface area contributed by atoms with Crippen LogP contribution in [0.15, 0.2) is 48.7 Å². The number of nitrogens with zero attached hydrogens (tertiary/aromatic N) is 2. The Morgan fingerprint density at radius 3 is 2.50 bits per heavy atom. The Morgan fingerprint density at radius 1 is 0.778 bits per heavy atom. The SMILES string of the molecule is C1=c2ccccc2=Cc2nncc3cccc1c23. The van der Waals surface area contributed by atoms with Gasteiger partial charge in [-0.1, -0.05) is 42.5 Å². The van der Waals surface area contributed by atoms with E-state index in [0.29, 0.717) is 0 Å². The van der Waals surface area contributed by atoms with Crippen LogP contribution in [0.5, 0.6) is 0 Å². The van der Waals surface area contributed by atoms with Crippen LogP contribution in [0.3, 0.4) is 0 Å². The fourth-order valence-electron chi connectivity index (χ4n) is 2.51. The van der Waals surface area contributed by atoms with Crippen molar-refractivity contribution in [1.29, 1.82) is 0 Å². The summed E-state index contributed by atoms with van der Waals surface area (Å²) in [4.78, 5) is 0. The highest BCUT2D eigenvalue weighted by Gasteiger charge is 2.07. The van der Waals surface area contributed by atoms with E-state index in [0.717, 1.165) is 11.1 Å². The zero-order valence-electron chi connectivity index (χ0n) is 9.67. The Labute approximate surface area is 104 Å². The van der Waals surface area contributed by atoms with Crippen LogP contribution in [-0.2, 0) is 0 Å². The Kier molecular flexibility index (Phi) is 1.86. The van der Waals surface area contributed by atoms with Crippen molar-refractivity contribution in [2.75, 3.05) is 0 Å². The molecule has 1 heterocycles. The van der Waals surface area contributed by atoms with E-state index in [1.165, 1.54) is 21.4 Å². The number of rotatable bonds is 0. The van der Waals surface area contributed by atoms with Crippen LogP contribution in [-0.4, -0.2) is 10.2 Å². The second-order valence-corrected chi connectivity index (χ2v) is 4.46. The van der Waals surface area contributed by atoms with E-state index in [1.54, 1.807) is 0 Å². The summed E-state index contributed by atoms with van der Waals surface area (Å²) in [5.74, 6) is 0. The minimum absolute atomic E-state index is 0.948. The van der Waals surface area contributed by atoms with Crippen molar-refractivity contribution >= 4 is 22.9 Å². The van der Waals surface area contributed by atoms with E-state index in [1.807, 2.05) is 12.3 Å². The summed E-state index contributed by atoms with van der Waals surface area (Å²) in [6.07, 6.45) is 6.14. The highest BCUT2D eigenvalue weighted by Crippen LogP contribution is 2.22. The number of hydrogen-bond acceptors (Lipinski definition) is 2. The molecular weight excluding hydrogens is 220 g/mol. The third-order valence-corrected chi connectivity index (χ3v) is 3.35. The van der Waals surface area contributed by atoms with Crippen molar-refractivity contribution in [3.05, 3.63) is 70.4 Å². The van der Waals surface area contributed by atoms with Crippen molar-refractivity contribution in [2.24, 2.45) is 0 Å². The van der Waals surface area contributed by atoms with Gasteiger partial charge >= 0.3 is 0 Å². The molecule has 0 unspecified atom stereocenters. The van der Waals surface area contributed by atoms with Crippen LogP contribution in [0.2, 0.25) is 0 Å². The van der Waals surface area contributed by atoms with Gasteiger partial charge in [0.2, 0.25) is 0 Å². The van der Waals surface area contributed by atoms with Crippen molar-refractivity contribution in [3.63, 3.8) is 0 Å². The lowest BCUT2D eigenvalue weighted by atomic mass is 10.1. The Morgan fingerprint density at radius 2 is 1.61 bits per heavy atom. The molecule has 4 rings (SSSR count). The van der Waals surface area contributed by atoms with Gasteiger partial charge in [-0.3, -0.25) is 0 Å². The maximum Gasteiger partial charge on any atom is 0.0947 e. The van der Waals surface area contributed by atoms with E-state index in [9.17, 15) is 0 Å². The van der Waals surface area contributed by atoms with E-state index in [4.69, 9.17) is 0 Å². The predicted octanol–water partition coefficient (Wildman–Crippen LogP) is 1.60. The minimum Gasteiger partial charge on any atom is -0.158 e. The van der Waals surface area contributed by atoms with Crippen LogP contribution in [0.4, 0.5) is 0 Å². The molecule has 0 bridgehead atoms. The van der Waals surface area contributed by atoms with E-state index < -0.39 is 0 Å². The molecule has 84 valence electrons. The Bertz CT molecular complexity index is 809. The lowest BCUT2D eigenvalue weighted by molar-refractivity contribution is 1.04. The van der Waals surface area contributed by atoms with E-state index in [2.05, 4.69) is 58.7 Å². The molecule has 18 heavy (non-hydrogen) atoms. The van der Waals surface area contributed by atoms with Crippen LogP contribution >= 0.6 is 0 Å². The summed E-state index contributed by atoms with van der Waals surface area (Å²) < 4.78 is 0. The highest BCUT2D eigenvalue weighted by molar-refractivity contribution is 5.95. The molecule has 0 N–H and O–H groups in total. The van der Waals surface area contributed by atoms with Crippen molar-refractivity contribution < 1.29 is 0 Å². The molecule has 0 radical (unpaired) electrons. The molecule has 3 aromatic rings. The van der Waals surface area contributed by atoms with Gasteiger partial charge in [-0.05, 0) is 28.2 Å². The molecule has 1 aliphatic carbocycles. The summed E-state index contributed by atoms with van der Waals surface area (Å²) >= 11 is 0. The molecule has 0 fully saturated rings. The molecule has 0 amide bonds. The van der Waals surface area contributed by atoms with Gasteiger partial charge in [-0.25, -0.2) is 0 Å². The summed E-state index contributed by atoms with van der Waals surface area (Å²) in [6.45, 7) is 0. The fourth-order valence-corrected chi connectivity index (χ4v) is 2.51. The molecular formula is C16H10N2. The third kappa shape index (κ3) is 1.29. The van der Waals surface area contributed by atoms with Gasteiger partial charge in [0.1, 0.15) is 0 Å². The number of aromatic nitrogens is 2. The largest absolute Gasteiger partial charge is 0.158 e. The molecule has 0 saturated carbocycles. The summed E-state index contributed by atoms with van der Waals surface area (Å²) in [6, 6.07) is 14.6. The molecule has 0 atom stereocenters. The quantitative estimate of drug-likeness (QED) is 0.458. The molecule has 2 nitrogen and oxygen atoms in total. The molecule has 0 aliphatic heterocycles. The van der Waals surface area contributed by atoms with Gasteiger partial charge < -0.3 is 0 Å². The first kappa shape index (κ1) is 9.54. The monoisotopic (exact) mass is 230 g/mol. The van der Waals surface area contributed by atoms with Gasteiger partial charge in [-0.2, -0.15) is 10.2 Å². The zero-order chi connectivity index (χ0) is 11.9. The molecule has 2 heteroatoms. The Balaban J connectivity index is 2.30. The molecule has 1 aromatic heterocycles. The zero-order valence-corrected chi connectivity index (χ0v) is 9.67. The van der Waals surface area contributed by atoms with Crippen molar-refractivity contribution in [1.82, 2.24) is 10.2 Å². The summed E-state index contributed by atoms with van der Waals surface area (Å²) in [7, 11) is 0. The molecule has 0 saturated heterocycles. The molecule has 2 aromatic carbocycles. The predicted molar refractivity (Wildman–Crippen MR) is 72.4 cm³/mol. The van der Waals surface area contributed by atoms with Gasteiger partial charge in [0.15, 0.2) is 0 Å². The minimum atomic E-state index is 0.948. The van der Waals surface area contributed by atoms with Crippen LogP contribution in [0.1, 0.15) is 11.3 Å². The van der Waals surface area contributed by atoms with Crippen LogP contribution in [0.25, 0.3) is 22.9 Å². The lowest BCUT2D eigenvalue weighted by Gasteiger charge is -2.02. The molecule has 1 aliphatic rings. The van der Waals surface area contributed by atoms with Crippen LogP contribution < -0.4 is 10.4 Å². The van der Waals surface area contributed by atoms with Crippen molar-refractivity contribution in [2.45, 2.75) is 0 Å². The average molecular weight is 230 g/mol. The lowest BCUT2D eigenvalue weighted by Crippen LogP contribution is -2.23. The van der Waals surface area contributed by atoms with Gasteiger partial charge in [0, 0.05) is 10.8 Å². The first-order chi connectivity index (χ1) is 8.92. The number of benzene rings is 2. The second kappa shape index (κ2) is 3.50. The third-order valence-electron chi connectivity index (χ3n) is 3.35. The highest BCUT2D eigenvalue weighted by atomic mass is 15.1. The maximum absolute atomic E-state index is 4.27. The smallest absolute Gasteiger partial charge is 0.0947 e. The first-order valence-corrected chi connectivity index (χ1v) is 5.95. The normalized spacial score (nSPS) is 12.2. The average Bonchev–Trinajstić information content (AvgIpc) is 2.57. The number of hydrogen-bond donors (Lipinski definition) is 0. The standard InChI is InChI=1S/C16H10N2/c1-2-5-12-9-15-16-13(8-11(12)4-1)6-3-7-14(16)10-17-18-15/h1-10H. The number of fused-ring (bicyclic) bond motifs is 1. The topological polar surface area (TPSA) is 25.8 Å². The molecule has 0 spiro atoms. The maximum atomic E-state index is 4.27. The Hall–Kier alpha value is -2.48. The van der Waals surface area contributed by atoms with E-state index >= 15 is 0 Å². The van der Waals surface area contributed by atoms with Crippen LogP contribution in [0, 0.1) is 0 Å². The van der Waals surface area contributed by atoms with E-state index in [-0.39, 0.29) is 0 Å². The first-order valence-electron chi connectivity index (χ1n) is 5.95. The second-order valence-electron chi connectivity index (χ2n) is 4.46.